The van der Waals surface area contributed by atoms with E-state index in [0.717, 1.165) is 42.7 Å². The molecule has 1 aliphatic carbocycles. The molecule has 1 saturated carbocycles. The van der Waals surface area contributed by atoms with Gasteiger partial charge in [0.1, 0.15) is 5.75 Å². The fourth-order valence-electron chi connectivity index (χ4n) is 5.60. The van der Waals surface area contributed by atoms with E-state index in [9.17, 15) is 14.4 Å². The SMILES string of the molecule is COc1ccc(CC(=O)N2CCN(c3ccc(C(=O)NC4CCC(N)CC4)cc3NC(=O)c3ccccc3)CC2)cc1. The maximum Gasteiger partial charge on any atom is 0.255 e. The van der Waals surface area contributed by atoms with Crippen molar-refractivity contribution in [1.29, 1.82) is 0 Å². The van der Waals surface area contributed by atoms with E-state index in [-0.39, 0.29) is 29.8 Å². The van der Waals surface area contributed by atoms with Crippen LogP contribution in [0.1, 0.15) is 52.0 Å². The monoisotopic (exact) mass is 569 g/mol. The summed E-state index contributed by atoms with van der Waals surface area (Å²) in [6, 6.07) is 22.3. The minimum Gasteiger partial charge on any atom is -0.497 e. The van der Waals surface area contributed by atoms with Crippen LogP contribution in [0.2, 0.25) is 0 Å². The van der Waals surface area contributed by atoms with Gasteiger partial charge in [0.25, 0.3) is 11.8 Å². The molecule has 9 heteroatoms. The van der Waals surface area contributed by atoms with Gasteiger partial charge in [0.2, 0.25) is 5.91 Å². The van der Waals surface area contributed by atoms with Crippen LogP contribution in [0, 0.1) is 0 Å². The number of anilines is 2. The van der Waals surface area contributed by atoms with Crippen LogP contribution in [0.25, 0.3) is 0 Å². The molecule has 0 atom stereocenters. The third kappa shape index (κ3) is 7.28. The molecule has 2 fully saturated rings. The Morgan fingerprint density at radius 2 is 1.52 bits per heavy atom. The molecule has 5 rings (SSSR count). The van der Waals surface area contributed by atoms with Crippen molar-refractivity contribution >= 4 is 29.1 Å². The van der Waals surface area contributed by atoms with Gasteiger partial charge in [-0.2, -0.15) is 0 Å². The molecule has 0 radical (unpaired) electrons. The first-order valence-electron chi connectivity index (χ1n) is 14.6. The molecular weight excluding hydrogens is 530 g/mol. The van der Waals surface area contributed by atoms with Gasteiger partial charge in [-0.15, -0.1) is 0 Å². The standard InChI is InChI=1S/C33H39N5O4/c1-42-28-14-7-23(8-15-28)21-31(39)38-19-17-37(18-20-38)30-16-9-25(33(41)35-27-12-10-26(34)11-13-27)22-29(30)36-32(40)24-5-3-2-4-6-24/h2-9,14-16,22,26-27H,10-13,17-21,34H2,1H3,(H,35,41)(H,36,40). The summed E-state index contributed by atoms with van der Waals surface area (Å²) in [5.74, 6) is 0.431. The summed E-state index contributed by atoms with van der Waals surface area (Å²) in [4.78, 5) is 43.3. The van der Waals surface area contributed by atoms with Gasteiger partial charge in [0.15, 0.2) is 0 Å². The van der Waals surface area contributed by atoms with Crippen molar-refractivity contribution in [3.8, 4) is 5.75 Å². The highest BCUT2D eigenvalue weighted by Gasteiger charge is 2.25. The van der Waals surface area contributed by atoms with E-state index in [4.69, 9.17) is 10.5 Å². The molecule has 1 saturated heterocycles. The van der Waals surface area contributed by atoms with Crippen molar-refractivity contribution < 1.29 is 19.1 Å². The molecule has 9 nitrogen and oxygen atoms in total. The first-order valence-corrected chi connectivity index (χ1v) is 14.6. The van der Waals surface area contributed by atoms with Gasteiger partial charge in [0.05, 0.1) is 24.9 Å². The quantitative estimate of drug-likeness (QED) is 0.380. The van der Waals surface area contributed by atoms with E-state index < -0.39 is 0 Å². The van der Waals surface area contributed by atoms with Gasteiger partial charge < -0.3 is 30.9 Å². The molecule has 0 unspecified atom stereocenters. The number of nitrogens with two attached hydrogens (primary N) is 1. The highest BCUT2D eigenvalue weighted by molar-refractivity contribution is 6.07. The zero-order valence-corrected chi connectivity index (χ0v) is 24.1. The Kier molecular flexibility index (Phi) is 9.38. The third-order valence-corrected chi connectivity index (χ3v) is 8.14. The summed E-state index contributed by atoms with van der Waals surface area (Å²) in [5, 5.41) is 6.18. The minimum absolute atomic E-state index is 0.0770. The number of carbonyl (C=O) groups excluding carboxylic acids is 3. The van der Waals surface area contributed by atoms with Crippen molar-refractivity contribution in [3.05, 3.63) is 89.5 Å². The Balaban J connectivity index is 1.28. The Bertz CT molecular complexity index is 1380. The lowest BCUT2D eigenvalue weighted by Crippen LogP contribution is -2.49. The summed E-state index contributed by atoms with van der Waals surface area (Å²) >= 11 is 0. The molecule has 0 bridgehead atoms. The van der Waals surface area contributed by atoms with Crippen LogP contribution in [-0.4, -0.2) is 68.0 Å². The lowest BCUT2D eigenvalue weighted by Gasteiger charge is -2.37. The second kappa shape index (κ2) is 13.5. The van der Waals surface area contributed by atoms with Gasteiger partial charge >= 0.3 is 0 Å². The average Bonchev–Trinajstić information content (AvgIpc) is 3.03. The van der Waals surface area contributed by atoms with Crippen LogP contribution in [0.3, 0.4) is 0 Å². The predicted octanol–water partition coefficient (Wildman–Crippen LogP) is 3.84. The summed E-state index contributed by atoms with van der Waals surface area (Å²) in [6.07, 6.45) is 3.86. The van der Waals surface area contributed by atoms with Gasteiger partial charge in [-0.3, -0.25) is 14.4 Å². The van der Waals surface area contributed by atoms with Crippen molar-refractivity contribution in [2.24, 2.45) is 5.73 Å². The number of amides is 3. The van der Waals surface area contributed by atoms with E-state index in [1.807, 2.05) is 53.4 Å². The molecule has 42 heavy (non-hydrogen) atoms. The first kappa shape index (κ1) is 29.1. The van der Waals surface area contributed by atoms with Gasteiger partial charge in [-0.25, -0.2) is 0 Å². The molecule has 3 aromatic rings. The first-order chi connectivity index (χ1) is 20.4. The van der Waals surface area contributed by atoms with Crippen LogP contribution in [-0.2, 0) is 11.2 Å². The number of benzene rings is 3. The Labute approximate surface area is 247 Å². The number of piperazine rings is 1. The summed E-state index contributed by atoms with van der Waals surface area (Å²) in [5.41, 5.74) is 9.38. The van der Waals surface area contributed by atoms with Crippen LogP contribution < -0.4 is 26.0 Å². The lowest BCUT2D eigenvalue weighted by atomic mass is 9.91. The van der Waals surface area contributed by atoms with E-state index in [1.54, 1.807) is 31.4 Å². The molecule has 4 N–H and O–H groups in total. The topological polar surface area (TPSA) is 117 Å². The highest BCUT2D eigenvalue weighted by Crippen LogP contribution is 2.30. The Morgan fingerprint density at radius 1 is 0.833 bits per heavy atom. The number of hydrogen-bond donors (Lipinski definition) is 3. The van der Waals surface area contributed by atoms with Gasteiger partial charge in [-0.1, -0.05) is 30.3 Å². The van der Waals surface area contributed by atoms with Crippen LogP contribution in [0.15, 0.2) is 72.8 Å². The lowest BCUT2D eigenvalue weighted by molar-refractivity contribution is -0.130. The minimum atomic E-state index is -0.246. The zero-order valence-electron chi connectivity index (χ0n) is 24.1. The van der Waals surface area contributed by atoms with E-state index >= 15 is 0 Å². The number of carbonyl (C=O) groups is 3. The van der Waals surface area contributed by atoms with Gasteiger partial charge in [-0.05, 0) is 73.7 Å². The van der Waals surface area contributed by atoms with Crippen molar-refractivity contribution in [2.75, 3.05) is 43.5 Å². The number of methoxy groups -OCH3 is 1. The highest BCUT2D eigenvalue weighted by atomic mass is 16.5. The zero-order chi connectivity index (χ0) is 29.5. The molecule has 3 amide bonds. The number of nitrogens with zero attached hydrogens (tertiary/aromatic N) is 2. The fraction of sp³-hybridized carbons (Fsp3) is 0.364. The number of hydrogen-bond acceptors (Lipinski definition) is 6. The summed E-state index contributed by atoms with van der Waals surface area (Å²) in [7, 11) is 1.62. The summed E-state index contributed by atoms with van der Waals surface area (Å²) < 4.78 is 5.21. The molecule has 1 heterocycles. The largest absolute Gasteiger partial charge is 0.497 e. The second-order valence-electron chi connectivity index (χ2n) is 11.0. The molecular formula is C33H39N5O4. The number of nitrogens with one attached hydrogen (secondary N) is 2. The normalized spacial score (nSPS) is 18.7. The molecule has 0 spiro atoms. The third-order valence-electron chi connectivity index (χ3n) is 8.14. The summed E-state index contributed by atoms with van der Waals surface area (Å²) in [6.45, 7) is 2.34. The van der Waals surface area contributed by atoms with Crippen LogP contribution in [0.4, 0.5) is 11.4 Å². The van der Waals surface area contributed by atoms with Crippen molar-refractivity contribution in [2.45, 2.75) is 44.2 Å². The molecule has 2 aliphatic rings. The van der Waals surface area contributed by atoms with Crippen LogP contribution in [0.5, 0.6) is 5.75 Å². The molecule has 220 valence electrons. The predicted molar refractivity (Wildman–Crippen MR) is 164 cm³/mol. The smallest absolute Gasteiger partial charge is 0.255 e. The maximum atomic E-state index is 13.2. The van der Waals surface area contributed by atoms with E-state index in [1.165, 1.54) is 0 Å². The molecule has 0 aromatic heterocycles. The van der Waals surface area contributed by atoms with Crippen molar-refractivity contribution in [3.63, 3.8) is 0 Å². The van der Waals surface area contributed by atoms with E-state index in [2.05, 4.69) is 15.5 Å². The van der Waals surface area contributed by atoms with Crippen LogP contribution >= 0.6 is 0 Å². The van der Waals surface area contributed by atoms with Gasteiger partial charge in [0, 0.05) is 49.4 Å². The number of ether oxygens (including phenoxy) is 1. The second-order valence-corrected chi connectivity index (χ2v) is 11.0. The average molecular weight is 570 g/mol. The van der Waals surface area contributed by atoms with E-state index in [0.29, 0.717) is 49.4 Å². The molecule has 1 aliphatic heterocycles. The molecule has 3 aromatic carbocycles. The number of rotatable bonds is 8. The fourth-order valence-corrected chi connectivity index (χ4v) is 5.60. The van der Waals surface area contributed by atoms with Crippen molar-refractivity contribution in [1.82, 2.24) is 10.2 Å². The Hall–Kier alpha value is -4.37. The Morgan fingerprint density at radius 3 is 2.19 bits per heavy atom. The maximum absolute atomic E-state index is 13.2.